The molecule has 3 heterocycles. The fraction of sp³-hybridized carbons (Fsp3) is 0.316. The molecule has 1 amide bonds. The third-order valence-corrected chi connectivity index (χ3v) is 4.46. The fourth-order valence-corrected chi connectivity index (χ4v) is 3.23. The normalized spacial score (nSPS) is 17.1. The maximum absolute atomic E-state index is 12.5. The minimum atomic E-state index is -0.0904. The van der Waals surface area contributed by atoms with Crippen LogP contribution in [0.5, 0.6) is 0 Å². The number of nitrogens with zero attached hydrogens (tertiary/aromatic N) is 3. The second-order valence-corrected chi connectivity index (χ2v) is 6.24. The van der Waals surface area contributed by atoms with Crippen LogP contribution in [-0.2, 0) is 4.74 Å². The third kappa shape index (κ3) is 3.13. The maximum Gasteiger partial charge on any atom is 0.251 e. The van der Waals surface area contributed by atoms with E-state index in [-0.39, 0.29) is 12.0 Å². The molecule has 1 saturated heterocycles. The molecule has 1 aromatic carbocycles. The van der Waals surface area contributed by atoms with E-state index in [1.165, 1.54) is 0 Å². The van der Waals surface area contributed by atoms with Gasteiger partial charge in [0, 0.05) is 30.6 Å². The summed E-state index contributed by atoms with van der Waals surface area (Å²) in [4.78, 5) is 21.4. The number of pyridine rings is 1. The van der Waals surface area contributed by atoms with Crippen LogP contribution in [0.15, 0.2) is 42.6 Å². The van der Waals surface area contributed by atoms with Gasteiger partial charge in [0.1, 0.15) is 11.3 Å². The molecule has 1 atom stereocenters. The summed E-state index contributed by atoms with van der Waals surface area (Å²) in [5.41, 5.74) is 3.13. The van der Waals surface area contributed by atoms with Crippen LogP contribution in [0.2, 0.25) is 0 Å². The summed E-state index contributed by atoms with van der Waals surface area (Å²) < 4.78 is 7.51. The van der Waals surface area contributed by atoms with Gasteiger partial charge < -0.3 is 10.1 Å². The highest BCUT2D eigenvalue weighted by molar-refractivity contribution is 5.94. The predicted octanol–water partition coefficient (Wildman–Crippen LogP) is 2.64. The molecule has 0 aliphatic carbocycles. The first-order chi connectivity index (χ1) is 12.2. The van der Waals surface area contributed by atoms with E-state index in [0.29, 0.717) is 12.1 Å². The van der Waals surface area contributed by atoms with Gasteiger partial charge in [-0.15, -0.1) is 0 Å². The zero-order valence-electron chi connectivity index (χ0n) is 14.1. The molecule has 6 heteroatoms. The standard InChI is InChI=1S/C19H20N4O2/c1-13-22-17-8-3-9-20-18(17)23(13)15-6-2-5-14(11-15)19(24)21-12-16-7-4-10-25-16/h2-3,5-6,8-9,11,16H,4,7,10,12H2,1H3,(H,21,24). The van der Waals surface area contributed by atoms with Crippen LogP contribution in [-0.4, -0.2) is 39.7 Å². The Bertz CT molecular complexity index is 913. The van der Waals surface area contributed by atoms with Crippen LogP contribution in [0.25, 0.3) is 16.9 Å². The Morgan fingerprint density at radius 3 is 3.12 bits per heavy atom. The van der Waals surface area contributed by atoms with Crippen molar-refractivity contribution in [1.29, 1.82) is 0 Å². The summed E-state index contributed by atoms with van der Waals surface area (Å²) in [5, 5.41) is 2.96. The van der Waals surface area contributed by atoms with E-state index in [2.05, 4.69) is 15.3 Å². The number of fused-ring (bicyclic) bond motifs is 1. The van der Waals surface area contributed by atoms with Crippen molar-refractivity contribution in [2.75, 3.05) is 13.2 Å². The SMILES string of the molecule is Cc1nc2cccnc2n1-c1cccc(C(=O)NCC2CCCO2)c1. The number of carbonyl (C=O) groups is 1. The summed E-state index contributed by atoms with van der Waals surface area (Å²) in [6.45, 7) is 3.28. The average molecular weight is 336 g/mol. The van der Waals surface area contributed by atoms with Crippen LogP contribution in [0, 0.1) is 6.92 Å². The number of aryl methyl sites for hydroxylation is 1. The number of hydrogen-bond donors (Lipinski definition) is 1. The number of ether oxygens (including phenoxy) is 1. The molecule has 0 radical (unpaired) electrons. The van der Waals surface area contributed by atoms with E-state index in [4.69, 9.17) is 4.74 Å². The number of aromatic nitrogens is 3. The van der Waals surface area contributed by atoms with E-state index >= 15 is 0 Å². The quantitative estimate of drug-likeness (QED) is 0.795. The molecular weight excluding hydrogens is 316 g/mol. The molecular formula is C19H20N4O2. The lowest BCUT2D eigenvalue weighted by molar-refractivity contribution is 0.0858. The van der Waals surface area contributed by atoms with Gasteiger partial charge in [0.2, 0.25) is 0 Å². The van der Waals surface area contributed by atoms with Crippen molar-refractivity contribution in [1.82, 2.24) is 19.9 Å². The molecule has 2 aromatic heterocycles. The van der Waals surface area contributed by atoms with E-state index in [0.717, 1.165) is 42.1 Å². The number of carbonyl (C=O) groups excluding carboxylic acids is 1. The molecule has 0 bridgehead atoms. The van der Waals surface area contributed by atoms with Crippen molar-refractivity contribution in [3.8, 4) is 5.69 Å². The highest BCUT2D eigenvalue weighted by Gasteiger charge is 2.17. The van der Waals surface area contributed by atoms with E-state index in [9.17, 15) is 4.79 Å². The number of amides is 1. The number of benzene rings is 1. The zero-order chi connectivity index (χ0) is 17.2. The van der Waals surface area contributed by atoms with E-state index in [1.54, 1.807) is 6.20 Å². The van der Waals surface area contributed by atoms with Gasteiger partial charge in [-0.25, -0.2) is 9.97 Å². The number of imidazole rings is 1. The van der Waals surface area contributed by atoms with Crippen LogP contribution in [0.1, 0.15) is 29.0 Å². The lowest BCUT2D eigenvalue weighted by Gasteiger charge is -2.12. The maximum atomic E-state index is 12.5. The summed E-state index contributed by atoms with van der Waals surface area (Å²) in [7, 11) is 0. The lowest BCUT2D eigenvalue weighted by Crippen LogP contribution is -2.31. The monoisotopic (exact) mass is 336 g/mol. The highest BCUT2D eigenvalue weighted by atomic mass is 16.5. The molecule has 0 spiro atoms. The van der Waals surface area contributed by atoms with Crippen molar-refractivity contribution in [3.05, 3.63) is 54.0 Å². The molecule has 6 nitrogen and oxygen atoms in total. The van der Waals surface area contributed by atoms with Crippen molar-refractivity contribution in [3.63, 3.8) is 0 Å². The summed E-state index contributed by atoms with van der Waals surface area (Å²) in [6, 6.07) is 11.3. The number of hydrogen-bond acceptors (Lipinski definition) is 4. The Morgan fingerprint density at radius 2 is 2.28 bits per heavy atom. The molecule has 25 heavy (non-hydrogen) atoms. The first-order valence-corrected chi connectivity index (χ1v) is 8.53. The second kappa shape index (κ2) is 6.64. The van der Waals surface area contributed by atoms with Crippen molar-refractivity contribution >= 4 is 17.1 Å². The van der Waals surface area contributed by atoms with Crippen LogP contribution in [0.3, 0.4) is 0 Å². The molecule has 0 saturated carbocycles. The largest absolute Gasteiger partial charge is 0.376 e. The number of nitrogens with one attached hydrogen (secondary N) is 1. The van der Waals surface area contributed by atoms with Crippen molar-refractivity contribution in [2.24, 2.45) is 0 Å². The Labute approximate surface area is 145 Å². The van der Waals surface area contributed by atoms with Crippen molar-refractivity contribution in [2.45, 2.75) is 25.9 Å². The minimum Gasteiger partial charge on any atom is -0.376 e. The molecule has 1 N–H and O–H groups in total. The molecule has 1 fully saturated rings. The Morgan fingerprint density at radius 1 is 1.36 bits per heavy atom. The number of rotatable bonds is 4. The summed E-state index contributed by atoms with van der Waals surface area (Å²) in [6.07, 6.45) is 3.96. The van der Waals surface area contributed by atoms with Gasteiger partial charge in [-0.3, -0.25) is 9.36 Å². The smallest absolute Gasteiger partial charge is 0.251 e. The van der Waals surface area contributed by atoms with Gasteiger partial charge in [-0.2, -0.15) is 0 Å². The molecule has 1 aliphatic rings. The Kier molecular flexibility index (Phi) is 4.19. The second-order valence-electron chi connectivity index (χ2n) is 6.24. The van der Waals surface area contributed by atoms with Gasteiger partial charge in [0.15, 0.2) is 5.65 Å². The predicted molar refractivity (Wildman–Crippen MR) is 94.9 cm³/mol. The van der Waals surface area contributed by atoms with Crippen LogP contribution >= 0.6 is 0 Å². The molecule has 1 aliphatic heterocycles. The van der Waals surface area contributed by atoms with E-state index < -0.39 is 0 Å². The topological polar surface area (TPSA) is 69.0 Å². The summed E-state index contributed by atoms with van der Waals surface area (Å²) in [5.74, 6) is 0.748. The Hall–Kier alpha value is -2.73. The van der Waals surface area contributed by atoms with Gasteiger partial charge in [0.05, 0.1) is 6.10 Å². The first-order valence-electron chi connectivity index (χ1n) is 8.53. The lowest BCUT2D eigenvalue weighted by atomic mass is 10.1. The fourth-order valence-electron chi connectivity index (χ4n) is 3.23. The highest BCUT2D eigenvalue weighted by Crippen LogP contribution is 2.20. The molecule has 1 unspecified atom stereocenters. The van der Waals surface area contributed by atoms with E-state index in [1.807, 2.05) is 47.9 Å². The molecule has 4 rings (SSSR count). The van der Waals surface area contributed by atoms with Gasteiger partial charge in [-0.1, -0.05) is 6.07 Å². The molecule has 128 valence electrons. The van der Waals surface area contributed by atoms with Gasteiger partial charge in [-0.05, 0) is 50.1 Å². The Balaban J connectivity index is 1.60. The zero-order valence-corrected chi connectivity index (χ0v) is 14.1. The first kappa shape index (κ1) is 15.8. The van der Waals surface area contributed by atoms with Crippen LogP contribution < -0.4 is 5.32 Å². The molecule has 3 aromatic rings. The average Bonchev–Trinajstić information content (AvgIpc) is 3.26. The summed E-state index contributed by atoms with van der Waals surface area (Å²) >= 11 is 0. The van der Waals surface area contributed by atoms with Crippen molar-refractivity contribution < 1.29 is 9.53 Å². The van der Waals surface area contributed by atoms with Gasteiger partial charge in [0.25, 0.3) is 5.91 Å². The third-order valence-electron chi connectivity index (χ3n) is 4.46. The van der Waals surface area contributed by atoms with Crippen LogP contribution in [0.4, 0.5) is 0 Å². The van der Waals surface area contributed by atoms with Gasteiger partial charge >= 0.3 is 0 Å². The minimum absolute atomic E-state index is 0.0904.